The standard InChI is InChI=1S/C20H18ClFN4O3S/c1-11(2)23-19(29)25-17(27)10-30-20-24-16-6-4-3-5-13(16)18(28)26(20)12-7-8-15(22)14(21)9-12/h3-9,11H,10H2,1-2H3,(H2,23,25,27,29). The number of imide groups is 1. The number of fused-ring (bicyclic) bond motifs is 1. The normalized spacial score (nSPS) is 11.0. The average Bonchev–Trinajstić information content (AvgIpc) is 2.68. The number of urea groups is 1. The van der Waals surface area contributed by atoms with Gasteiger partial charge in [0.25, 0.3) is 5.56 Å². The Morgan fingerprint density at radius 1 is 1.23 bits per heavy atom. The summed E-state index contributed by atoms with van der Waals surface area (Å²) in [6, 6.07) is 9.89. The molecule has 10 heteroatoms. The minimum Gasteiger partial charge on any atom is -0.336 e. The average molecular weight is 449 g/mol. The van der Waals surface area contributed by atoms with Crippen LogP contribution >= 0.6 is 23.4 Å². The van der Waals surface area contributed by atoms with Crippen molar-refractivity contribution in [3.05, 3.63) is 63.7 Å². The first kappa shape index (κ1) is 21.8. The highest BCUT2D eigenvalue weighted by Crippen LogP contribution is 2.24. The molecule has 1 heterocycles. The van der Waals surface area contributed by atoms with Gasteiger partial charge in [0.15, 0.2) is 5.16 Å². The number of rotatable bonds is 5. The summed E-state index contributed by atoms with van der Waals surface area (Å²) in [5.41, 5.74) is 0.376. The third-order valence-electron chi connectivity index (χ3n) is 3.91. The van der Waals surface area contributed by atoms with Crippen LogP contribution in [0.25, 0.3) is 16.6 Å². The fourth-order valence-corrected chi connectivity index (χ4v) is 3.64. The molecule has 0 saturated carbocycles. The van der Waals surface area contributed by atoms with E-state index < -0.39 is 17.8 Å². The van der Waals surface area contributed by atoms with Gasteiger partial charge >= 0.3 is 6.03 Å². The monoisotopic (exact) mass is 448 g/mol. The second-order valence-corrected chi connectivity index (χ2v) is 7.97. The second kappa shape index (κ2) is 9.27. The summed E-state index contributed by atoms with van der Waals surface area (Å²) in [5, 5.41) is 5.19. The largest absolute Gasteiger partial charge is 0.336 e. The van der Waals surface area contributed by atoms with Gasteiger partial charge in [0.05, 0.1) is 27.4 Å². The van der Waals surface area contributed by atoms with E-state index in [1.165, 1.54) is 16.7 Å². The molecule has 1 aromatic heterocycles. The summed E-state index contributed by atoms with van der Waals surface area (Å²) in [5.74, 6) is -1.33. The lowest BCUT2D eigenvalue weighted by Gasteiger charge is -2.14. The molecular formula is C20H18ClFN4O3S. The van der Waals surface area contributed by atoms with Gasteiger partial charge in [0.1, 0.15) is 5.82 Å². The highest BCUT2D eigenvalue weighted by atomic mass is 35.5. The first-order chi connectivity index (χ1) is 14.3. The highest BCUT2D eigenvalue weighted by molar-refractivity contribution is 7.99. The van der Waals surface area contributed by atoms with Crippen molar-refractivity contribution in [3.8, 4) is 5.69 Å². The van der Waals surface area contributed by atoms with E-state index in [-0.39, 0.29) is 27.5 Å². The van der Waals surface area contributed by atoms with Gasteiger partial charge in [-0.2, -0.15) is 0 Å². The molecule has 2 N–H and O–H groups in total. The molecule has 3 aromatic rings. The Hall–Kier alpha value is -2.91. The molecular weight excluding hydrogens is 431 g/mol. The third kappa shape index (κ3) is 4.98. The van der Waals surface area contributed by atoms with Crippen LogP contribution in [-0.4, -0.2) is 33.3 Å². The molecule has 2 aromatic carbocycles. The number of carbonyl (C=O) groups excluding carboxylic acids is 2. The molecule has 30 heavy (non-hydrogen) atoms. The first-order valence-electron chi connectivity index (χ1n) is 8.96. The number of nitrogens with zero attached hydrogens (tertiary/aromatic N) is 2. The van der Waals surface area contributed by atoms with Crippen LogP contribution in [0.4, 0.5) is 9.18 Å². The Bertz CT molecular complexity index is 1180. The van der Waals surface area contributed by atoms with Crippen molar-refractivity contribution in [2.45, 2.75) is 25.0 Å². The molecule has 0 aliphatic rings. The predicted octanol–water partition coefficient (Wildman–Crippen LogP) is 3.50. The molecule has 156 valence electrons. The maximum atomic E-state index is 13.6. The maximum Gasteiger partial charge on any atom is 0.321 e. The number of amides is 3. The smallest absolute Gasteiger partial charge is 0.321 e. The molecule has 0 fully saturated rings. The second-order valence-electron chi connectivity index (χ2n) is 6.62. The molecule has 0 aliphatic heterocycles. The summed E-state index contributed by atoms with van der Waals surface area (Å²) in [6.45, 7) is 3.54. The summed E-state index contributed by atoms with van der Waals surface area (Å²) < 4.78 is 14.9. The van der Waals surface area contributed by atoms with Crippen molar-refractivity contribution < 1.29 is 14.0 Å². The van der Waals surface area contributed by atoms with Gasteiger partial charge in [-0.3, -0.25) is 19.5 Å². The van der Waals surface area contributed by atoms with Crippen molar-refractivity contribution in [2.75, 3.05) is 5.75 Å². The number of aromatic nitrogens is 2. The lowest BCUT2D eigenvalue weighted by Crippen LogP contribution is -2.43. The van der Waals surface area contributed by atoms with Gasteiger partial charge < -0.3 is 5.32 Å². The van der Waals surface area contributed by atoms with Crippen LogP contribution in [-0.2, 0) is 4.79 Å². The molecule has 3 amide bonds. The first-order valence-corrected chi connectivity index (χ1v) is 10.3. The number of benzene rings is 2. The zero-order valence-corrected chi connectivity index (χ0v) is 17.7. The Morgan fingerprint density at radius 3 is 2.67 bits per heavy atom. The number of halogens is 2. The third-order valence-corrected chi connectivity index (χ3v) is 5.14. The number of carbonyl (C=O) groups is 2. The van der Waals surface area contributed by atoms with Crippen LogP contribution in [0.15, 0.2) is 52.4 Å². The fraction of sp³-hybridized carbons (Fsp3) is 0.200. The zero-order valence-electron chi connectivity index (χ0n) is 16.1. The molecule has 0 radical (unpaired) electrons. The Balaban J connectivity index is 1.96. The van der Waals surface area contributed by atoms with Gasteiger partial charge in [-0.05, 0) is 44.2 Å². The van der Waals surface area contributed by atoms with E-state index in [4.69, 9.17) is 11.6 Å². The van der Waals surface area contributed by atoms with Crippen LogP contribution in [0, 0.1) is 5.82 Å². The number of hydrogen-bond acceptors (Lipinski definition) is 5. The number of para-hydroxylation sites is 1. The molecule has 0 spiro atoms. The number of hydrogen-bond donors (Lipinski definition) is 2. The summed E-state index contributed by atoms with van der Waals surface area (Å²) in [6.07, 6.45) is 0. The summed E-state index contributed by atoms with van der Waals surface area (Å²) >= 11 is 6.86. The maximum absolute atomic E-state index is 13.6. The highest BCUT2D eigenvalue weighted by Gasteiger charge is 2.17. The lowest BCUT2D eigenvalue weighted by molar-refractivity contribution is -0.117. The van der Waals surface area contributed by atoms with Crippen LogP contribution < -0.4 is 16.2 Å². The van der Waals surface area contributed by atoms with Gasteiger partial charge in [0.2, 0.25) is 5.91 Å². The van der Waals surface area contributed by atoms with Crippen LogP contribution in [0.5, 0.6) is 0 Å². The van der Waals surface area contributed by atoms with E-state index in [9.17, 15) is 18.8 Å². The number of thioether (sulfide) groups is 1. The quantitative estimate of drug-likeness (QED) is 0.460. The van der Waals surface area contributed by atoms with E-state index in [1.54, 1.807) is 38.1 Å². The van der Waals surface area contributed by atoms with E-state index in [2.05, 4.69) is 15.6 Å². The van der Waals surface area contributed by atoms with E-state index >= 15 is 0 Å². The van der Waals surface area contributed by atoms with E-state index in [0.29, 0.717) is 16.6 Å². The molecule has 0 unspecified atom stereocenters. The van der Waals surface area contributed by atoms with Crippen molar-refractivity contribution in [1.82, 2.24) is 20.2 Å². The fourth-order valence-electron chi connectivity index (χ4n) is 2.65. The number of nitrogens with one attached hydrogen (secondary N) is 2. The molecule has 0 aliphatic carbocycles. The van der Waals surface area contributed by atoms with Crippen molar-refractivity contribution in [1.29, 1.82) is 0 Å². The van der Waals surface area contributed by atoms with Crippen LogP contribution in [0.3, 0.4) is 0 Å². The van der Waals surface area contributed by atoms with E-state index in [0.717, 1.165) is 17.8 Å². The Labute approximate surface area is 180 Å². The molecule has 0 bridgehead atoms. The molecule has 7 nitrogen and oxygen atoms in total. The van der Waals surface area contributed by atoms with Crippen molar-refractivity contribution in [2.24, 2.45) is 0 Å². The Morgan fingerprint density at radius 2 is 1.97 bits per heavy atom. The summed E-state index contributed by atoms with van der Waals surface area (Å²) in [7, 11) is 0. The predicted molar refractivity (Wildman–Crippen MR) is 115 cm³/mol. The Kier molecular flexibility index (Phi) is 6.73. The van der Waals surface area contributed by atoms with Crippen molar-refractivity contribution >= 4 is 46.2 Å². The van der Waals surface area contributed by atoms with Gasteiger partial charge in [-0.1, -0.05) is 35.5 Å². The molecule has 3 rings (SSSR count). The minimum atomic E-state index is -0.619. The SMILES string of the molecule is CC(C)NC(=O)NC(=O)CSc1nc2ccccc2c(=O)n1-c1ccc(F)c(Cl)c1. The van der Waals surface area contributed by atoms with Crippen molar-refractivity contribution in [3.63, 3.8) is 0 Å². The van der Waals surface area contributed by atoms with Gasteiger partial charge in [-0.15, -0.1) is 0 Å². The topological polar surface area (TPSA) is 93.1 Å². The zero-order chi connectivity index (χ0) is 21.8. The van der Waals surface area contributed by atoms with Gasteiger partial charge in [0, 0.05) is 6.04 Å². The minimum absolute atomic E-state index is 0.124. The lowest BCUT2D eigenvalue weighted by atomic mass is 10.2. The molecule has 0 saturated heterocycles. The van der Waals surface area contributed by atoms with Crippen LogP contribution in [0.2, 0.25) is 5.02 Å². The van der Waals surface area contributed by atoms with Gasteiger partial charge in [-0.25, -0.2) is 14.2 Å². The summed E-state index contributed by atoms with van der Waals surface area (Å²) in [4.78, 5) is 41.4. The van der Waals surface area contributed by atoms with E-state index in [1.807, 2.05) is 0 Å². The molecule has 0 atom stereocenters. The van der Waals surface area contributed by atoms with Crippen LogP contribution in [0.1, 0.15) is 13.8 Å².